The zero-order valence-electron chi connectivity index (χ0n) is 13.8. The van der Waals surface area contributed by atoms with Gasteiger partial charge in [0.05, 0.1) is 28.9 Å². The zero-order chi connectivity index (χ0) is 18.4. The van der Waals surface area contributed by atoms with Crippen molar-refractivity contribution in [3.63, 3.8) is 0 Å². The van der Waals surface area contributed by atoms with Gasteiger partial charge in [-0.25, -0.2) is 4.39 Å². The number of rotatable bonds is 7. The van der Waals surface area contributed by atoms with Crippen LogP contribution in [0.5, 0.6) is 0 Å². The molecule has 2 rings (SSSR count). The summed E-state index contributed by atoms with van der Waals surface area (Å²) in [5, 5.41) is 13.6. The minimum absolute atomic E-state index is 0.146. The summed E-state index contributed by atoms with van der Waals surface area (Å²) in [4.78, 5) is 24.1. The highest BCUT2D eigenvalue weighted by atomic mass is 19.1. The Bertz CT molecular complexity index is 772. The summed E-state index contributed by atoms with van der Waals surface area (Å²) < 4.78 is 18.5. The van der Waals surface area contributed by atoms with Crippen molar-refractivity contribution in [3.8, 4) is 0 Å². The molecule has 0 saturated carbocycles. The van der Waals surface area contributed by atoms with Crippen molar-refractivity contribution in [1.29, 1.82) is 0 Å². The Balaban J connectivity index is 2.03. The largest absolute Gasteiger partial charge is 0.468 e. The molecule has 1 amide bonds. The Labute approximate surface area is 143 Å². The molecule has 1 aromatic heterocycles. The van der Waals surface area contributed by atoms with Gasteiger partial charge >= 0.3 is 0 Å². The number of nitro groups is 1. The highest BCUT2D eigenvalue weighted by molar-refractivity contribution is 5.92. The Kier molecular flexibility index (Phi) is 6.02. The maximum absolute atomic E-state index is 13.1. The number of carbonyl (C=O) groups is 1. The molecule has 0 aliphatic rings. The molecular formula is C17H18FN3O4. The van der Waals surface area contributed by atoms with Gasteiger partial charge < -0.3 is 9.73 Å². The summed E-state index contributed by atoms with van der Waals surface area (Å²) in [5.41, 5.74) is -0.248. The van der Waals surface area contributed by atoms with E-state index in [9.17, 15) is 19.3 Å². The standard InChI is InChI=1S/C17H18FN3O4/c1-20(2)15(16-4-3-9-25-16)11-19-17(22)8-6-12-5-7-13(18)10-14(12)21(23)24/h3-10,15H,11H2,1-2H3,(H,19,22)/b8-6+. The Morgan fingerprint density at radius 1 is 1.44 bits per heavy atom. The van der Waals surface area contributed by atoms with Gasteiger partial charge in [0.15, 0.2) is 0 Å². The lowest BCUT2D eigenvalue weighted by Gasteiger charge is -2.22. The van der Waals surface area contributed by atoms with E-state index >= 15 is 0 Å². The summed E-state index contributed by atoms with van der Waals surface area (Å²) in [6.45, 7) is 0.301. The summed E-state index contributed by atoms with van der Waals surface area (Å²) in [5.74, 6) is -0.416. The molecule has 25 heavy (non-hydrogen) atoms. The van der Waals surface area contributed by atoms with Gasteiger partial charge in [-0.3, -0.25) is 19.8 Å². The van der Waals surface area contributed by atoms with Crippen LogP contribution < -0.4 is 5.32 Å². The molecule has 7 nitrogen and oxygen atoms in total. The minimum Gasteiger partial charge on any atom is -0.468 e. The van der Waals surface area contributed by atoms with Gasteiger partial charge in [-0.15, -0.1) is 0 Å². The molecule has 0 saturated heterocycles. The van der Waals surface area contributed by atoms with Crippen molar-refractivity contribution in [2.24, 2.45) is 0 Å². The zero-order valence-corrected chi connectivity index (χ0v) is 13.8. The van der Waals surface area contributed by atoms with Crippen molar-refractivity contribution >= 4 is 17.7 Å². The molecule has 1 unspecified atom stereocenters. The molecule has 0 spiro atoms. The highest BCUT2D eigenvalue weighted by Gasteiger charge is 2.17. The fourth-order valence-corrected chi connectivity index (χ4v) is 2.26. The number of amides is 1. The lowest BCUT2D eigenvalue weighted by molar-refractivity contribution is -0.385. The first-order valence-electron chi connectivity index (χ1n) is 7.48. The first-order valence-corrected chi connectivity index (χ1v) is 7.48. The second kappa shape index (κ2) is 8.20. The van der Waals surface area contributed by atoms with E-state index in [0.717, 1.165) is 12.1 Å². The van der Waals surface area contributed by atoms with E-state index in [1.165, 1.54) is 18.2 Å². The van der Waals surface area contributed by atoms with Gasteiger partial charge in [-0.1, -0.05) is 0 Å². The Morgan fingerprint density at radius 3 is 2.80 bits per heavy atom. The first-order chi connectivity index (χ1) is 11.9. The lowest BCUT2D eigenvalue weighted by atomic mass is 10.1. The Hall–Kier alpha value is -3.00. The van der Waals surface area contributed by atoms with Crippen molar-refractivity contribution in [2.75, 3.05) is 20.6 Å². The Morgan fingerprint density at radius 2 is 2.20 bits per heavy atom. The monoisotopic (exact) mass is 347 g/mol. The van der Waals surface area contributed by atoms with Crippen LogP contribution in [0.1, 0.15) is 17.4 Å². The third kappa shape index (κ3) is 4.98. The predicted molar refractivity (Wildman–Crippen MR) is 90.2 cm³/mol. The topological polar surface area (TPSA) is 88.6 Å². The summed E-state index contributed by atoms with van der Waals surface area (Å²) in [6, 6.07) is 6.60. The molecule has 1 heterocycles. The number of hydrogen-bond donors (Lipinski definition) is 1. The van der Waals surface area contributed by atoms with E-state index in [1.54, 1.807) is 12.3 Å². The van der Waals surface area contributed by atoms with Crippen LogP contribution in [0.2, 0.25) is 0 Å². The van der Waals surface area contributed by atoms with Crippen LogP contribution in [0.4, 0.5) is 10.1 Å². The number of furan rings is 1. The number of nitrogens with zero attached hydrogens (tertiary/aromatic N) is 2. The minimum atomic E-state index is -0.708. The molecule has 0 aliphatic carbocycles. The second-order valence-corrected chi connectivity index (χ2v) is 5.53. The molecular weight excluding hydrogens is 329 g/mol. The van der Waals surface area contributed by atoms with Crippen molar-refractivity contribution in [2.45, 2.75) is 6.04 Å². The van der Waals surface area contributed by atoms with Crippen LogP contribution in [-0.2, 0) is 4.79 Å². The first kappa shape index (κ1) is 18.3. The van der Waals surface area contributed by atoms with Gasteiger partial charge in [-0.2, -0.15) is 0 Å². The van der Waals surface area contributed by atoms with E-state index in [2.05, 4.69) is 5.32 Å². The molecule has 0 radical (unpaired) electrons. The molecule has 1 aromatic carbocycles. The number of benzene rings is 1. The van der Waals surface area contributed by atoms with Crippen LogP contribution in [0.3, 0.4) is 0 Å². The molecule has 2 aromatic rings. The SMILES string of the molecule is CN(C)C(CNC(=O)/C=C/c1ccc(F)cc1[N+](=O)[O-])c1ccco1. The van der Waals surface area contributed by atoms with E-state index in [1.807, 2.05) is 25.1 Å². The molecule has 1 N–H and O–H groups in total. The van der Waals surface area contributed by atoms with Gasteiger partial charge in [-0.05, 0) is 44.4 Å². The van der Waals surface area contributed by atoms with Crippen molar-refractivity contribution in [1.82, 2.24) is 10.2 Å². The molecule has 8 heteroatoms. The van der Waals surface area contributed by atoms with E-state index in [-0.39, 0.29) is 11.6 Å². The van der Waals surface area contributed by atoms with Gasteiger partial charge in [0.2, 0.25) is 5.91 Å². The molecule has 0 fully saturated rings. The van der Waals surface area contributed by atoms with Gasteiger partial charge in [0.25, 0.3) is 5.69 Å². The second-order valence-electron chi connectivity index (χ2n) is 5.53. The number of likely N-dealkylation sites (N-methyl/N-ethyl adjacent to an activating group) is 1. The quantitative estimate of drug-likeness (QED) is 0.473. The van der Waals surface area contributed by atoms with Crippen LogP contribution >= 0.6 is 0 Å². The maximum atomic E-state index is 13.1. The van der Waals surface area contributed by atoms with Crippen LogP contribution in [0, 0.1) is 15.9 Å². The average Bonchev–Trinajstić information content (AvgIpc) is 3.07. The van der Waals surface area contributed by atoms with Crippen LogP contribution in [0.15, 0.2) is 47.1 Å². The third-order valence-corrected chi connectivity index (χ3v) is 3.57. The molecule has 1 atom stereocenters. The number of carbonyl (C=O) groups excluding carboxylic acids is 1. The average molecular weight is 347 g/mol. The predicted octanol–water partition coefficient (Wildman–Crippen LogP) is 2.76. The smallest absolute Gasteiger partial charge is 0.279 e. The molecule has 0 bridgehead atoms. The molecule has 0 aliphatic heterocycles. The summed E-state index contributed by atoms with van der Waals surface area (Å²) in [7, 11) is 3.72. The number of nitrogens with one attached hydrogen (secondary N) is 1. The molecule has 132 valence electrons. The van der Waals surface area contributed by atoms with E-state index in [0.29, 0.717) is 12.3 Å². The van der Waals surface area contributed by atoms with E-state index in [4.69, 9.17) is 4.42 Å². The van der Waals surface area contributed by atoms with Crippen LogP contribution in [0.25, 0.3) is 6.08 Å². The van der Waals surface area contributed by atoms with E-state index < -0.39 is 22.3 Å². The summed E-state index contributed by atoms with van der Waals surface area (Å²) in [6.07, 6.45) is 4.01. The van der Waals surface area contributed by atoms with Crippen molar-refractivity contribution < 1.29 is 18.5 Å². The number of hydrogen-bond acceptors (Lipinski definition) is 5. The highest BCUT2D eigenvalue weighted by Crippen LogP contribution is 2.21. The maximum Gasteiger partial charge on any atom is 0.279 e. The summed E-state index contributed by atoms with van der Waals surface area (Å²) >= 11 is 0. The number of nitro benzene ring substituents is 1. The van der Waals surface area contributed by atoms with Gasteiger partial charge in [0, 0.05) is 12.6 Å². The van der Waals surface area contributed by atoms with Crippen molar-refractivity contribution in [3.05, 3.63) is 69.9 Å². The lowest BCUT2D eigenvalue weighted by Crippen LogP contribution is -2.33. The number of halogens is 1. The normalized spacial score (nSPS) is 12.5. The fourth-order valence-electron chi connectivity index (χ4n) is 2.26. The van der Waals surface area contributed by atoms with Crippen LogP contribution in [-0.4, -0.2) is 36.4 Å². The third-order valence-electron chi connectivity index (χ3n) is 3.57. The van der Waals surface area contributed by atoms with Gasteiger partial charge in [0.1, 0.15) is 11.6 Å². The fraction of sp³-hybridized carbons (Fsp3) is 0.235.